The van der Waals surface area contributed by atoms with E-state index >= 15 is 0 Å². The van der Waals surface area contributed by atoms with Gasteiger partial charge in [-0.2, -0.15) is 0 Å². The monoisotopic (exact) mass is 395 g/mol. The number of carbonyl (C=O) groups is 1. The quantitative estimate of drug-likeness (QED) is 0.625. The maximum absolute atomic E-state index is 12.5. The summed E-state index contributed by atoms with van der Waals surface area (Å²) >= 11 is 0. The van der Waals surface area contributed by atoms with Crippen LogP contribution in [0.2, 0.25) is 0 Å². The van der Waals surface area contributed by atoms with Crippen molar-refractivity contribution in [3.63, 3.8) is 0 Å². The van der Waals surface area contributed by atoms with Crippen LogP contribution in [0.5, 0.6) is 11.5 Å². The van der Waals surface area contributed by atoms with Gasteiger partial charge >= 0.3 is 5.97 Å². The van der Waals surface area contributed by atoms with Gasteiger partial charge in [-0.15, -0.1) is 0 Å². The van der Waals surface area contributed by atoms with Crippen molar-refractivity contribution in [1.29, 1.82) is 0 Å². The molecule has 8 nitrogen and oxygen atoms in total. The van der Waals surface area contributed by atoms with Gasteiger partial charge in [0, 0.05) is 19.2 Å². The summed E-state index contributed by atoms with van der Waals surface area (Å²) in [5, 5.41) is 9.40. The Kier molecular flexibility index (Phi) is 6.78. The van der Waals surface area contributed by atoms with Crippen LogP contribution in [0.25, 0.3) is 11.1 Å². The second-order valence-corrected chi connectivity index (χ2v) is 7.27. The van der Waals surface area contributed by atoms with Crippen LogP contribution in [-0.2, 0) is 14.8 Å². The minimum atomic E-state index is -3.92. The Hall–Kier alpha value is -2.62. The Morgan fingerprint density at radius 3 is 2.41 bits per heavy atom. The summed E-state index contributed by atoms with van der Waals surface area (Å²) in [6.07, 6.45) is 0. The van der Waals surface area contributed by atoms with E-state index in [-0.39, 0.29) is 23.6 Å². The molecule has 0 unspecified atom stereocenters. The predicted octanol–water partition coefficient (Wildman–Crippen LogP) is 1.99. The Morgan fingerprint density at radius 2 is 1.81 bits per heavy atom. The third kappa shape index (κ3) is 4.97. The lowest BCUT2D eigenvalue weighted by Gasteiger charge is -2.13. The number of ether oxygens (including phenoxy) is 3. The van der Waals surface area contributed by atoms with Crippen molar-refractivity contribution >= 4 is 16.0 Å². The summed E-state index contributed by atoms with van der Waals surface area (Å²) in [6.45, 7) is 0.252. The average Bonchev–Trinajstić information content (AvgIpc) is 2.67. The van der Waals surface area contributed by atoms with E-state index in [1.165, 1.54) is 33.5 Å². The SMILES string of the molecule is COCCNS(=O)(=O)c1cc(C(=O)O)cc(-c2cc(OC)ccc2OC)c1. The number of hydrogen-bond donors (Lipinski definition) is 2. The van der Waals surface area contributed by atoms with Gasteiger partial charge < -0.3 is 19.3 Å². The van der Waals surface area contributed by atoms with Gasteiger partial charge in [0.15, 0.2) is 0 Å². The molecule has 0 heterocycles. The second kappa shape index (κ2) is 8.85. The molecule has 2 aromatic rings. The van der Waals surface area contributed by atoms with Gasteiger partial charge in [0.05, 0.1) is 31.3 Å². The fraction of sp³-hybridized carbons (Fsp3) is 0.278. The molecule has 146 valence electrons. The average molecular weight is 395 g/mol. The first-order chi connectivity index (χ1) is 12.8. The van der Waals surface area contributed by atoms with Crippen molar-refractivity contribution in [3.8, 4) is 22.6 Å². The predicted molar refractivity (Wildman–Crippen MR) is 99.0 cm³/mol. The van der Waals surface area contributed by atoms with Crippen LogP contribution in [0.4, 0.5) is 0 Å². The molecule has 0 atom stereocenters. The van der Waals surface area contributed by atoms with E-state index in [4.69, 9.17) is 14.2 Å². The summed E-state index contributed by atoms with van der Waals surface area (Å²) in [5.41, 5.74) is 0.718. The molecule has 0 radical (unpaired) electrons. The number of aromatic carboxylic acids is 1. The maximum Gasteiger partial charge on any atom is 0.335 e. The highest BCUT2D eigenvalue weighted by Gasteiger charge is 2.19. The third-order valence-corrected chi connectivity index (χ3v) is 5.22. The zero-order valence-corrected chi connectivity index (χ0v) is 16.0. The molecule has 0 aliphatic rings. The lowest BCUT2D eigenvalue weighted by molar-refractivity contribution is 0.0696. The van der Waals surface area contributed by atoms with Gasteiger partial charge in [-0.3, -0.25) is 0 Å². The van der Waals surface area contributed by atoms with Crippen molar-refractivity contribution in [2.75, 3.05) is 34.5 Å². The number of methoxy groups -OCH3 is 3. The van der Waals surface area contributed by atoms with Crippen LogP contribution in [0.15, 0.2) is 41.3 Å². The molecule has 9 heteroatoms. The van der Waals surface area contributed by atoms with Crippen molar-refractivity contribution in [1.82, 2.24) is 4.72 Å². The van der Waals surface area contributed by atoms with E-state index in [1.54, 1.807) is 18.2 Å². The van der Waals surface area contributed by atoms with E-state index < -0.39 is 16.0 Å². The molecule has 0 saturated carbocycles. The number of carboxylic acids is 1. The number of rotatable bonds is 9. The minimum absolute atomic E-state index is 0.0634. The Morgan fingerprint density at radius 1 is 1.07 bits per heavy atom. The molecule has 0 aliphatic heterocycles. The standard InChI is InChI=1S/C18H21NO7S/c1-24-7-6-19-27(22,23)15-9-12(8-13(10-15)18(20)21)16-11-14(25-2)4-5-17(16)26-3/h4-5,8-11,19H,6-7H2,1-3H3,(H,20,21). The number of sulfonamides is 1. The molecule has 0 amide bonds. The van der Waals surface area contributed by atoms with E-state index in [0.29, 0.717) is 22.6 Å². The zero-order chi connectivity index (χ0) is 20.0. The summed E-state index contributed by atoms with van der Waals surface area (Å²) < 4.78 is 42.8. The van der Waals surface area contributed by atoms with Crippen LogP contribution in [0.3, 0.4) is 0 Å². The largest absolute Gasteiger partial charge is 0.497 e. The number of hydrogen-bond acceptors (Lipinski definition) is 6. The highest BCUT2D eigenvalue weighted by Crippen LogP contribution is 2.35. The maximum atomic E-state index is 12.5. The van der Waals surface area contributed by atoms with Crippen LogP contribution in [0, 0.1) is 0 Å². The molecule has 0 aliphatic carbocycles. The van der Waals surface area contributed by atoms with Crippen LogP contribution < -0.4 is 14.2 Å². The topological polar surface area (TPSA) is 111 Å². The molecule has 2 N–H and O–H groups in total. The van der Waals surface area contributed by atoms with Gasteiger partial charge in [0.1, 0.15) is 11.5 Å². The third-order valence-electron chi connectivity index (χ3n) is 3.78. The highest BCUT2D eigenvalue weighted by atomic mass is 32.2. The molecular weight excluding hydrogens is 374 g/mol. The Labute approximate surface area is 157 Å². The summed E-state index contributed by atoms with van der Waals surface area (Å²) in [4.78, 5) is 11.3. The lowest BCUT2D eigenvalue weighted by Crippen LogP contribution is -2.27. The second-order valence-electron chi connectivity index (χ2n) is 5.51. The first kappa shape index (κ1) is 20.7. The summed E-state index contributed by atoms with van der Waals surface area (Å²) in [5.74, 6) is -0.268. The fourth-order valence-corrected chi connectivity index (χ4v) is 3.52. The van der Waals surface area contributed by atoms with Gasteiger partial charge in [-0.1, -0.05) is 0 Å². The molecular formula is C18H21NO7S. The molecule has 0 saturated heterocycles. The molecule has 0 bridgehead atoms. The molecule has 0 fully saturated rings. The van der Waals surface area contributed by atoms with Gasteiger partial charge in [0.25, 0.3) is 0 Å². The number of nitrogens with one attached hydrogen (secondary N) is 1. The number of carboxylic acid groups (broad SMARTS) is 1. The Balaban J connectivity index is 2.62. The first-order valence-corrected chi connectivity index (χ1v) is 9.40. The molecule has 0 spiro atoms. The van der Waals surface area contributed by atoms with Crippen molar-refractivity contribution in [2.24, 2.45) is 0 Å². The van der Waals surface area contributed by atoms with Crippen LogP contribution >= 0.6 is 0 Å². The number of benzene rings is 2. The van der Waals surface area contributed by atoms with Gasteiger partial charge in [-0.05, 0) is 42.0 Å². The van der Waals surface area contributed by atoms with Gasteiger partial charge in [-0.25, -0.2) is 17.9 Å². The molecule has 27 heavy (non-hydrogen) atoms. The highest BCUT2D eigenvalue weighted by molar-refractivity contribution is 7.89. The van der Waals surface area contributed by atoms with Crippen LogP contribution in [-0.4, -0.2) is 54.0 Å². The van der Waals surface area contributed by atoms with E-state index in [0.717, 1.165) is 6.07 Å². The lowest BCUT2D eigenvalue weighted by atomic mass is 10.0. The molecule has 2 aromatic carbocycles. The van der Waals surface area contributed by atoms with E-state index in [9.17, 15) is 18.3 Å². The normalized spacial score (nSPS) is 11.2. The van der Waals surface area contributed by atoms with Crippen molar-refractivity contribution in [2.45, 2.75) is 4.90 Å². The minimum Gasteiger partial charge on any atom is -0.497 e. The van der Waals surface area contributed by atoms with Gasteiger partial charge in [0.2, 0.25) is 10.0 Å². The fourth-order valence-electron chi connectivity index (χ4n) is 2.43. The summed E-state index contributed by atoms with van der Waals surface area (Å²) in [6, 6.07) is 8.87. The summed E-state index contributed by atoms with van der Waals surface area (Å²) in [7, 11) is 0.495. The smallest absolute Gasteiger partial charge is 0.335 e. The zero-order valence-electron chi connectivity index (χ0n) is 15.2. The molecule has 0 aromatic heterocycles. The van der Waals surface area contributed by atoms with Crippen LogP contribution in [0.1, 0.15) is 10.4 Å². The first-order valence-electron chi connectivity index (χ1n) is 7.91. The van der Waals surface area contributed by atoms with Crippen molar-refractivity contribution in [3.05, 3.63) is 42.0 Å². The molecule has 2 rings (SSSR count). The van der Waals surface area contributed by atoms with E-state index in [1.807, 2.05) is 0 Å². The Bertz CT molecular complexity index is 925. The van der Waals surface area contributed by atoms with E-state index in [2.05, 4.69) is 4.72 Å². The van der Waals surface area contributed by atoms with Crippen molar-refractivity contribution < 1.29 is 32.5 Å².